The maximum absolute atomic E-state index is 14.4. The molecule has 0 aliphatic rings. The van der Waals surface area contributed by atoms with Gasteiger partial charge in [-0.15, -0.1) is 0 Å². The summed E-state index contributed by atoms with van der Waals surface area (Å²) in [5.74, 6) is -0.750. The Labute approximate surface area is 241 Å². The van der Waals surface area contributed by atoms with Crippen LogP contribution in [0.3, 0.4) is 0 Å². The molecule has 9 nitrogen and oxygen atoms in total. The third-order valence-electron chi connectivity index (χ3n) is 6.98. The van der Waals surface area contributed by atoms with Crippen molar-refractivity contribution in [3.8, 4) is 0 Å². The summed E-state index contributed by atoms with van der Waals surface area (Å²) in [5.41, 5.74) is -5.83. The molecule has 0 bridgehead atoms. The number of fused-ring (bicyclic) bond motifs is 1. The number of aryl methyl sites for hydroxylation is 1. The zero-order valence-corrected chi connectivity index (χ0v) is 24.6. The molecule has 0 radical (unpaired) electrons. The van der Waals surface area contributed by atoms with Crippen molar-refractivity contribution in [3.05, 3.63) is 96.9 Å². The van der Waals surface area contributed by atoms with E-state index in [1.54, 1.807) is 31.2 Å². The predicted octanol–water partition coefficient (Wildman–Crippen LogP) is 3.77. The molecule has 0 aliphatic carbocycles. The molecule has 2 heterocycles. The predicted molar refractivity (Wildman–Crippen MR) is 155 cm³/mol. The van der Waals surface area contributed by atoms with E-state index in [9.17, 15) is 28.3 Å². The molecule has 2 atom stereocenters. The minimum absolute atomic E-state index is 0.00221. The van der Waals surface area contributed by atoms with Gasteiger partial charge in [-0.3, -0.25) is 18.7 Å². The second kappa shape index (κ2) is 11.8. The van der Waals surface area contributed by atoms with Crippen molar-refractivity contribution in [1.29, 1.82) is 0 Å². The fraction of sp³-hybridized carbons (Fsp3) is 0.357. The molecule has 2 aromatic carbocycles. The minimum Gasteiger partial charge on any atom is -0.465 e. The van der Waals surface area contributed by atoms with Gasteiger partial charge in [-0.05, 0) is 49.6 Å². The fourth-order valence-corrected chi connectivity index (χ4v) is 5.06. The molecule has 4 aromatic rings. The van der Waals surface area contributed by atoms with E-state index in [-0.39, 0.29) is 60.8 Å². The van der Waals surface area contributed by atoms with Crippen LogP contribution in [-0.4, -0.2) is 43.0 Å². The second-order valence-corrected chi connectivity index (χ2v) is 10.9. The number of benzene rings is 2. The lowest BCUT2D eigenvalue weighted by atomic mass is 9.80. The van der Waals surface area contributed by atoms with Gasteiger partial charge in [0, 0.05) is 37.3 Å². The number of nitrogens with zero attached hydrogens (tertiary/aromatic N) is 4. The maximum atomic E-state index is 14.4. The van der Waals surface area contributed by atoms with E-state index < -0.39 is 28.3 Å². The SMILES string of the molecule is CCOC(=O)C(C)(c1cccc(C(F)(F)P)c1)c1nc2c(c(=O)n(CCCO)c(=O)n2C)n1Cc1ccc(Cl)cc1. The monoisotopic (exact) mass is 606 g/mol. The van der Waals surface area contributed by atoms with Crippen molar-refractivity contribution >= 4 is 38.0 Å². The molecule has 0 amide bonds. The van der Waals surface area contributed by atoms with E-state index in [0.717, 1.165) is 4.57 Å². The van der Waals surface area contributed by atoms with Gasteiger partial charge in [0.15, 0.2) is 11.2 Å². The van der Waals surface area contributed by atoms with Crippen molar-refractivity contribution < 1.29 is 23.4 Å². The topological polar surface area (TPSA) is 108 Å². The summed E-state index contributed by atoms with van der Waals surface area (Å²) in [6.07, 6.45) is 0.162. The third-order valence-corrected chi connectivity index (χ3v) is 7.57. The lowest BCUT2D eigenvalue weighted by Gasteiger charge is -2.29. The van der Waals surface area contributed by atoms with E-state index in [0.29, 0.717) is 10.6 Å². The molecular formula is C28H30ClF2N4O5P. The van der Waals surface area contributed by atoms with Gasteiger partial charge in [0.25, 0.3) is 11.2 Å². The number of aliphatic hydroxyl groups is 1. The number of hydrogen-bond acceptors (Lipinski definition) is 6. The molecule has 2 aromatic heterocycles. The van der Waals surface area contributed by atoms with Gasteiger partial charge in [-0.1, -0.05) is 51.2 Å². The van der Waals surface area contributed by atoms with Gasteiger partial charge >= 0.3 is 11.7 Å². The summed E-state index contributed by atoms with van der Waals surface area (Å²) in [7, 11) is 2.92. The van der Waals surface area contributed by atoms with Crippen LogP contribution in [0, 0.1) is 0 Å². The Hall–Kier alpha value is -3.40. The Balaban J connectivity index is 2.13. The van der Waals surface area contributed by atoms with Crippen LogP contribution in [0.5, 0.6) is 0 Å². The molecule has 0 saturated heterocycles. The summed E-state index contributed by atoms with van der Waals surface area (Å²) in [6.45, 7) is 2.86. The van der Waals surface area contributed by atoms with E-state index in [2.05, 4.69) is 4.98 Å². The lowest BCUT2D eigenvalue weighted by molar-refractivity contribution is -0.148. The summed E-state index contributed by atoms with van der Waals surface area (Å²) >= 11 is 6.08. The fourth-order valence-electron chi connectivity index (χ4n) is 4.76. The van der Waals surface area contributed by atoms with Crippen molar-refractivity contribution in [1.82, 2.24) is 18.7 Å². The zero-order valence-electron chi connectivity index (χ0n) is 22.7. The molecule has 2 unspecified atom stereocenters. The van der Waals surface area contributed by atoms with Gasteiger partial charge in [0.05, 0.1) is 6.61 Å². The zero-order chi connectivity index (χ0) is 30.1. The first-order valence-electron chi connectivity index (χ1n) is 12.8. The highest BCUT2D eigenvalue weighted by atomic mass is 35.5. The first kappa shape index (κ1) is 30.6. The molecular weight excluding hydrogens is 577 g/mol. The highest BCUT2D eigenvalue weighted by molar-refractivity contribution is 7.17. The smallest absolute Gasteiger partial charge is 0.332 e. The molecule has 218 valence electrons. The first-order chi connectivity index (χ1) is 19.3. The van der Waals surface area contributed by atoms with E-state index >= 15 is 0 Å². The number of rotatable bonds is 10. The summed E-state index contributed by atoms with van der Waals surface area (Å²) in [6, 6.07) is 12.2. The van der Waals surface area contributed by atoms with E-state index in [1.807, 2.05) is 0 Å². The lowest BCUT2D eigenvalue weighted by Crippen LogP contribution is -2.40. The van der Waals surface area contributed by atoms with Gasteiger partial charge in [0.1, 0.15) is 11.2 Å². The van der Waals surface area contributed by atoms with Crippen molar-refractivity contribution in [2.24, 2.45) is 7.05 Å². The Morgan fingerprint density at radius 1 is 1.12 bits per heavy atom. The van der Waals surface area contributed by atoms with Crippen LogP contribution in [0.2, 0.25) is 5.02 Å². The normalized spacial score (nSPS) is 13.4. The molecule has 0 spiro atoms. The Bertz CT molecular complexity index is 1710. The van der Waals surface area contributed by atoms with Crippen molar-refractivity contribution in [3.63, 3.8) is 0 Å². The second-order valence-electron chi connectivity index (χ2n) is 9.75. The summed E-state index contributed by atoms with van der Waals surface area (Å²) in [4.78, 5) is 45.3. The first-order valence-corrected chi connectivity index (χ1v) is 13.8. The van der Waals surface area contributed by atoms with Gasteiger partial charge in [-0.2, -0.15) is 8.78 Å². The molecule has 0 aliphatic heterocycles. The van der Waals surface area contributed by atoms with E-state index in [4.69, 9.17) is 16.3 Å². The third kappa shape index (κ3) is 5.71. The Morgan fingerprint density at radius 3 is 2.39 bits per heavy atom. The average Bonchev–Trinajstić information content (AvgIpc) is 3.32. The summed E-state index contributed by atoms with van der Waals surface area (Å²) < 4.78 is 37.8. The Kier molecular flexibility index (Phi) is 8.82. The molecule has 0 fully saturated rings. The number of carbonyl (C=O) groups excluding carboxylic acids is 1. The van der Waals surface area contributed by atoms with Crippen LogP contribution in [0.4, 0.5) is 8.78 Å². The average molecular weight is 607 g/mol. The van der Waals surface area contributed by atoms with Crippen molar-refractivity contribution in [2.75, 3.05) is 13.2 Å². The highest BCUT2D eigenvalue weighted by Gasteiger charge is 2.45. The van der Waals surface area contributed by atoms with Gasteiger partial charge < -0.3 is 14.4 Å². The van der Waals surface area contributed by atoms with Crippen LogP contribution >= 0.6 is 20.8 Å². The van der Waals surface area contributed by atoms with Crippen LogP contribution < -0.4 is 11.2 Å². The molecule has 41 heavy (non-hydrogen) atoms. The molecule has 0 saturated carbocycles. The van der Waals surface area contributed by atoms with Gasteiger partial charge in [0.2, 0.25) is 0 Å². The van der Waals surface area contributed by atoms with Crippen LogP contribution in [0.15, 0.2) is 58.1 Å². The number of esters is 1. The quantitative estimate of drug-likeness (QED) is 0.218. The summed E-state index contributed by atoms with van der Waals surface area (Å²) in [5, 5.41) is 9.82. The molecule has 1 N–H and O–H groups in total. The van der Waals surface area contributed by atoms with E-state index in [1.165, 1.54) is 56.6 Å². The largest absolute Gasteiger partial charge is 0.465 e. The standard InChI is InChI=1S/C28H30ClF2N4O5P/c1-4-40-25(38)27(2,18-7-5-8-19(15-18)28(30,31)41)24-32-22-21(35(24)16-17-9-11-20(29)12-10-17)23(37)34(13-6-14-36)26(39)33(22)3/h5,7-12,15,36H,4,6,13-14,16,41H2,1-3H3. The minimum atomic E-state index is -3.28. The van der Waals surface area contributed by atoms with Gasteiger partial charge in [-0.25, -0.2) is 9.78 Å². The number of aliphatic hydroxyl groups excluding tert-OH is 1. The molecule has 13 heteroatoms. The number of aromatic nitrogens is 4. The molecule has 4 rings (SSSR count). The highest BCUT2D eigenvalue weighted by Crippen LogP contribution is 2.40. The van der Waals surface area contributed by atoms with Crippen LogP contribution in [0.1, 0.15) is 42.8 Å². The number of hydrogen-bond donors (Lipinski definition) is 1. The Morgan fingerprint density at radius 2 is 1.78 bits per heavy atom. The number of alkyl halides is 2. The number of carbonyl (C=O) groups is 1. The number of halogens is 3. The number of imidazole rings is 1. The number of ether oxygens (including phenoxy) is 1. The van der Waals surface area contributed by atoms with Crippen LogP contribution in [0.25, 0.3) is 11.2 Å². The maximum Gasteiger partial charge on any atom is 0.332 e. The van der Waals surface area contributed by atoms with Crippen molar-refractivity contribution in [2.45, 2.75) is 44.4 Å². The van der Waals surface area contributed by atoms with Crippen LogP contribution in [-0.2, 0) is 40.7 Å².